The van der Waals surface area contributed by atoms with E-state index in [4.69, 9.17) is 4.74 Å². The first kappa shape index (κ1) is 22.5. The number of tetrazole rings is 1. The molecule has 1 atom stereocenters. The molecule has 0 aliphatic carbocycles. The summed E-state index contributed by atoms with van der Waals surface area (Å²) >= 11 is 0. The summed E-state index contributed by atoms with van der Waals surface area (Å²) in [6.45, 7) is 0.268. The van der Waals surface area contributed by atoms with E-state index in [9.17, 15) is 18.0 Å². The lowest BCUT2D eigenvalue weighted by molar-refractivity contribution is -0.146. The molecule has 0 amide bonds. The fraction of sp³-hybridized carbons (Fsp3) is 0.273. The zero-order valence-corrected chi connectivity index (χ0v) is 17.8. The highest BCUT2D eigenvalue weighted by atomic mass is 19.4. The third-order valence-electron chi connectivity index (χ3n) is 5.42. The van der Waals surface area contributed by atoms with Crippen molar-refractivity contribution in [3.8, 4) is 22.5 Å². The van der Waals surface area contributed by atoms with E-state index in [2.05, 4.69) is 26.0 Å². The number of allylic oxidation sites excluding steroid dienone is 1. The third-order valence-corrected chi connectivity index (χ3v) is 5.42. The summed E-state index contributed by atoms with van der Waals surface area (Å²) in [7, 11) is 1.21. The maximum atomic E-state index is 12.9. The van der Waals surface area contributed by atoms with Gasteiger partial charge in [-0.05, 0) is 35.2 Å². The van der Waals surface area contributed by atoms with Crippen LogP contribution in [0.15, 0.2) is 59.8 Å². The Morgan fingerprint density at radius 1 is 1.12 bits per heavy atom. The van der Waals surface area contributed by atoms with Gasteiger partial charge >= 0.3 is 12.1 Å². The van der Waals surface area contributed by atoms with Crippen molar-refractivity contribution in [2.45, 2.75) is 25.6 Å². The maximum Gasteiger partial charge on any atom is 0.407 e. The molecule has 1 unspecified atom stereocenters. The van der Waals surface area contributed by atoms with Crippen LogP contribution in [0.4, 0.5) is 13.2 Å². The molecule has 3 aromatic rings. The van der Waals surface area contributed by atoms with E-state index < -0.39 is 24.7 Å². The van der Waals surface area contributed by atoms with Gasteiger partial charge in [-0.15, -0.1) is 10.2 Å². The first-order valence-corrected chi connectivity index (χ1v) is 10.1. The number of carbonyl (C=O) groups excluding carboxylic acids is 1. The molecule has 2 aromatic carbocycles. The van der Waals surface area contributed by atoms with Crippen molar-refractivity contribution in [1.29, 1.82) is 0 Å². The van der Waals surface area contributed by atoms with Crippen LogP contribution in [0.1, 0.15) is 12.5 Å². The Morgan fingerprint density at radius 2 is 1.82 bits per heavy atom. The molecule has 0 fully saturated rings. The molecule has 0 saturated heterocycles. The molecule has 2 N–H and O–H groups in total. The number of H-pyrrole nitrogens is 1. The average Bonchev–Trinajstić information content (AvgIpc) is 3.42. The number of ether oxygens (including phenoxy) is 1. The van der Waals surface area contributed by atoms with Gasteiger partial charge < -0.3 is 9.75 Å². The molecule has 8 nitrogen and oxygen atoms in total. The lowest BCUT2D eigenvalue weighted by Crippen LogP contribution is -2.43. The van der Waals surface area contributed by atoms with E-state index >= 15 is 0 Å². The average molecular weight is 458 g/mol. The van der Waals surface area contributed by atoms with Crippen LogP contribution < -0.4 is 5.43 Å². The van der Waals surface area contributed by atoms with Crippen molar-refractivity contribution < 1.29 is 22.7 Å². The van der Waals surface area contributed by atoms with Crippen molar-refractivity contribution in [3.63, 3.8) is 0 Å². The van der Waals surface area contributed by atoms with Gasteiger partial charge in [-0.1, -0.05) is 48.5 Å². The summed E-state index contributed by atoms with van der Waals surface area (Å²) in [5.74, 6) is -0.182. The fourth-order valence-corrected chi connectivity index (χ4v) is 3.90. The second-order valence-electron chi connectivity index (χ2n) is 7.56. The Hall–Kier alpha value is -3.73. The zero-order chi connectivity index (χ0) is 23.6. The van der Waals surface area contributed by atoms with E-state index in [1.165, 1.54) is 14.0 Å². The Labute approximate surface area is 187 Å². The number of aromatic nitrogens is 4. The molecule has 4 rings (SSSR count). The van der Waals surface area contributed by atoms with Gasteiger partial charge in [0.15, 0.2) is 0 Å². The van der Waals surface area contributed by atoms with Crippen LogP contribution in [0.3, 0.4) is 0 Å². The molecule has 0 bridgehead atoms. The molecular formula is C22H21F3N6O2. The topological polar surface area (TPSA) is 96.0 Å². The van der Waals surface area contributed by atoms with Gasteiger partial charge in [0.1, 0.15) is 6.54 Å². The van der Waals surface area contributed by atoms with Crippen LogP contribution in [0.5, 0.6) is 0 Å². The van der Waals surface area contributed by atoms with E-state index in [1.807, 2.05) is 48.5 Å². The Bertz CT molecular complexity index is 1160. The van der Waals surface area contributed by atoms with Crippen LogP contribution in [0.25, 0.3) is 22.5 Å². The first-order chi connectivity index (χ1) is 15.8. The SMILES string of the molecule is COC(=O)C1=C(C)N(CC(F)(F)F)NC1Cc1ccc(-c2ccccc2-c2nn[nH]n2)cc1. The number of methoxy groups -OCH3 is 1. The number of nitrogens with one attached hydrogen (secondary N) is 2. The van der Waals surface area contributed by atoms with Crippen LogP contribution in [-0.2, 0) is 16.0 Å². The smallest absolute Gasteiger partial charge is 0.407 e. The normalized spacial score (nSPS) is 16.4. The molecule has 1 aliphatic rings. The Kier molecular flexibility index (Phi) is 6.14. The largest absolute Gasteiger partial charge is 0.466 e. The Morgan fingerprint density at radius 3 is 2.42 bits per heavy atom. The van der Waals surface area contributed by atoms with Crippen molar-refractivity contribution in [2.75, 3.05) is 13.7 Å². The highest BCUT2D eigenvalue weighted by Crippen LogP contribution is 2.31. The Balaban J connectivity index is 1.57. The number of rotatable bonds is 6. The lowest BCUT2D eigenvalue weighted by atomic mass is 9.95. The van der Waals surface area contributed by atoms with Gasteiger partial charge in [0.25, 0.3) is 0 Å². The zero-order valence-electron chi connectivity index (χ0n) is 17.8. The molecule has 172 valence electrons. The van der Waals surface area contributed by atoms with Gasteiger partial charge in [0, 0.05) is 11.3 Å². The standard InChI is InChI=1S/C22H21F3N6O2/c1-13-19(21(32)33-2)18(28-31(13)12-22(23,24)25)11-14-7-9-15(10-8-14)16-5-3-4-6-17(16)20-26-29-30-27-20/h3-10,18,28H,11-12H2,1-2H3,(H,26,27,29,30). The number of hydrogen-bond acceptors (Lipinski definition) is 7. The van der Waals surface area contributed by atoms with Crippen molar-refractivity contribution in [3.05, 3.63) is 65.4 Å². The number of benzene rings is 2. The van der Waals surface area contributed by atoms with Gasteiger partial charge in [-0.25, -0.2) is 10.2 Å². The number of aromatic amines is 1. The monoisotopic (exact) mass is 458 g/mol. The number of carbonyl (C=O) groups is 1. The number of halogens is 3. The number of hydrogen-bond donors (Lipinski definition) is 2. The van der Waals surface area contributed by atoms with Crippen molar-refractivity contribution in [1.82, 2.24) is 31.1 Å². The summed E-state index contributed by atoms with van der Waals surface area (Å²) < 4.78 is 43.7. The second kappa shape index (κ2) is 9.02. The number of esters is 1. The summed E-state index contributed by atoms with van der Waals surface area (Å²) in [4.78, 5) is 12.3. The van der Waals surface area contributed by atoms with Crippen molar-refractivity contribution >= 4 is 5.97 Å². The van der Waals surface area contributed by atoms with Gasteiger partial charge in [0.2, 0.25) is 5.82 Å². The highest BCUT2D eigenvalue weighted by Gasteiger charge is 2.39. The molecule has 11 heteroatoms. The van der Waals surface area contributed by atoms with Gasteiger partial charge in [-0.3, -0.25) is 0 Å². The highest BCUT2D eigenvalue weighted by molar-refractivity contribution is 5.91. The molecule has 2 heterocycles. The fourth-order valence-electron chi connectivity index (χ4n) is 3.90. The van der Waals surface area contributed by atoms with E-state index in [1.54, 1.807) is 0 Å². The quantitative estimate of drug-likeness (QED) is 0.548. The second-order valence-corrected chi connectivity index (χ2v) is 7.56. The van der Waals surface area contributed by atoms with E-state index in [0.29, 0.717) is 12.2 Å². The van der Waals surface area contributed by atoms with Gasteiger partial charge in [0.05, 0.1) is 18.7 Å². The van der Waals surface area contributed by atoms with E-state index in [0.717, 1.165) is 27.3 Å². The van der Waals surface area contributed by atoms with Crippen LogP contribution in [0.2, 0.25) is 0 Å². The number of alkyl halides is 3. The summed E-state index contributed by atoms with van der Waals surface area (Å²) in [6, 6.07) is 14.5. The molecule has 33 heavy (non-hydrogen) atoms. The number of hydrazine groups is 1. The maximum absolute atomic E-state index is 12.9. The minimum atomic E-state index is -4.42. The summed E-state index contributed by atoms with van der Waals surface area (Å²) in [5, 5.41) is 15.1. The lowest BCUT2D eigenvalue weighted by Gasteiger charge is -2.23. The molecule has 1 aliphatic heterocycles. The van der Waals surface area contributed by atoms with Gasteiger partial charge in [-0.2, -0.15) is 18.4 Å². The minimum absolute atomic E-state index is 0.188. The molecule has 0 radical (unpaired) electrons. The first-order valence-electron chi connectivity index (χ1n) is 10.1. The third kappa shape index (κ3) is 4.87. The van der Waals surface area contributed by atoms with Crippen LogP contribution in [0, 0.1) is 0 Å². The van der Waals surface area contributed by atoms with Crippen molar-refractivity contribution in [2.24, 2.45) is 0 Å². The predicted molar refractivity (Wildman–Crippen MR) is 113 cm³/mol. The minimum Gasteiger partial charge on any atom is -0.466 e. The molecular weight excluding hydrogens is 437 g/mol. The van der Waals surface area contributed by atoms with Crippen LogP contribution in [-0.4, -0.2) is 57.5 Å². The molecule has 0 spiro atoms. The predicted octanol–water partition coefficient (Wildman–Crippen LogP) is 3.27. The molecule has 1 aromatic heterocycles. The number of nitrogens with zero attached hydrogens (tertiary/aromatic N) is 4. The summed E-state index contributed by atoms with van der Waals surface area (Å²) in [5.41, 5.74) is 6.67. The summed E-state index contributed by atoms with van der Waals surface area (Å²) in [6.07, 6.45) is -4.11. The van der Waals surface area contributed by atoms with E-state index in [-0.39, 0.29) is 11.3 Å². The molecule has 0 saturated carbocycles. The van der Waals surface area contributed by atoms with Crippen LogP contribution >= 0.6 is 0 Å².